The molecule has 0 aliphatic heterocycles. The number of benzene rings is 2. The van der Waals surface area contributed by atoms with Crippen molar-refractivity contribution in [1.82, 2.24) is 0 Å². The number of rotatable bonds is 16. The van der Waals surface area contributed by atoms with E-state index in [0.717, 1.165) is 32.1 Å². The molecule has 182 valence electrons. The maximum Gasteiger partial charge on any atom is 0.299 e. The van der Waals surface area contributed by atoms with Gasteiger partial charge in [0.05, 0.1) is 6.08 Å². The van der Waals surface area contributed by atoms with Crippen LogP contribution in [-0.2, 0) is 12.8 Å². The molecule has 0 N–H and O–H groups in total. The Hall–Kier alpha value is -2.66. The molecule has 0 radical (unpaired) electrons. The summed E-state index contributed by atoms with van der Waals surface area (Å²) in [6.07, 6.45) is 17.6. The molecule has 0 fully saturated rings. The molecule has 0 atom stereocenters. The molecule has 2 aromatic carbocycles. The van der Waals surface area contributed by atoms with Crippen molar-refractivity contribution in [1.29, 1.82) is 0 Å². The third-order valence-corrected chi connectivity index (χ3v) is 6.51. The lowest BCUT2D eigenvalue weighted by molar-refractivity contribution is 0.00800. The zero-order chi connectivity index (χ0) is 24.4. The Morgan fingerprint density at radius 2 is 1.41 bits per heavy atom. The van der Waals surface area contributed by atoms with Crippen molar-refractivity contribution in [3.8, 4) is 0 Å². The van der Waals surface area contributed by atoms with Gasteiger partial charge in [-0.15, -0.1) is 4.79 Å². The number of hydrogen-bond donors (Lipinski definition) is 0. The van der Waals surface area contributed by atoms with Crippen LogP contribution >= 0.6 is 0 Å². The fourth-order valence-corrected chi connectivity index (χ4v) is 4.49. The topological polar surface area (TPSA) is 36.4 Å². The van der Waals surface area contributed by atoms with E-state index < -0.39 is 0 Å². The standard InChI is InChI=1S/C32H44N2/c1-4-7-10-11-12-13-16-27-20-22-30(23-21-27)32(29(18-9-6-3)24-25-34-33)31-19-14-17-28(26-31)15-8-5-2/h14,17,19-24,26H,4-13,15-16,18H2,1-3H3. The van der Waals surface area contributed by atoms with Gasteiger partial charge in [-0.05, 0) is 71.9 Å². The van der Waals surface area contributed by atoms with E-state index in [-0.39, 0.29) is 0 Å². The van der Waals surface area contributed by atoms with Crippen LogP contribution < -0.4 is 0 Å². The van der Waals surface area contributed by atoms with Gasteiger partial charge in [-0.1, -0.05) is 114 Å². The lowest BCUT2D eigenvalue weighted by atomic mass is 9.88. The SMILES string of the molecule is CCCCCCCCc1ccc(C(=C(C=C=[N+]=[N-])CCCC)c2cccc(CCCC)c2)cc1. The zero-order valence-corrected chi connectivity index (χ0v) is 21.8. The zero-order valence-electron chi connectivity index (χ0n) is 21.8. The van der Waals surface area contributed by atoms with Crippen LogP contribution in [0, 0.1) is 0 Å². The first-order valence-electron chi connectivity index (χ1n) is 13.6. The quantitative estimate of drug-likeness (QED) is 0.0793. The van der Waals surface area contributed by atoms with Crippen molar-refractivity contribution in [2.24, 2.45) is 0 Å². The van der Waals surface area contributed by atoms with Gasteiger partial charge in [0.25, 0.3) is 5.87 Å². The summed E-state index contributed by atoms with van der Waals surface area (Å²) >= 11 is 0. The summed E-state index contributed by atoms with van der Waals surface area (Å²) in [5.74, 6) is 2.68. The van der Waals surface area contributed by atoms with E-state index in [1.807, 2.05) is 6.08 Å². The normalized spacial score (nSPS) is 11.5. The summed E-state index contributed by atoms with van der Waals surface area (Å²) in [7, 11) is 0. The molecule has 2 nitrogen and oxygen atoms in total. The Balaban J connectivity index is 2.35. The Morgan fingerprint density at radius 3 is 2.12 bits per heavy atom. The van der Waals surface area contributed by atoms with E-state index in [1.165, 1.54) is 84.8 Å². The van der Waals surface area contributed by atoms with Crippen LogP contribution in [0.2, 0.25) is 0 Å². The molecule has 0 aromatic heterocycles. The lowest BCUT2D eigenvalue weighted by Gasteiger charge is -2.15. The van der Waals surface area contributed by atoms with Gasteiger partial charge in [-0.25, -0.2) is 0 Å². The van der Waals surface area contributed by atoms with Gasteiger partial charge >= 0.3 is 0 Å². The van der Waals surface area contributed by atoms with Crippen LogP contribution in [0.1, 0.15) is 114 Å². The molecule has 2 heteroatoms. The molecule has 2 rings (SSSR count). The predicted molar refractivity (Wildman–Crippen MR) is 147 cm³/mol. The summed E-state index contributed by atoms with van der Waals surface area (Å²) in [4.78, 5) is 3.15. The van der Waals surface area contributed by atoms with E-state index in [2.05, 4.69) is 80.0 Å². The predicted octanol–water partition coefficient (Wildman–Crippen LogP) is 9.38. The molecule has 0 aliphatic carbocycles. The minimum absolute atomic E-state index is 0.938. The van der Waals surface area contributed by atoms with E-state index in [9.17, 15) is 0 Å². The fraction of sp³-hybridized carbons (Fsp3) is 0.500. The van der Waals surface area contributed by atoms with Crippen molar-refractivity contribution in [2.75, 3.05) is 0 Å². The van der Waals surface area contributed by atoms with Crippen LogP contribution in [0.25, 0.3) is 11.1 Å². The van der Waals surface area contributed by atoms with Crippen LogP contribution in [0.3, 0.4) is 0 Å². The summed E-state index contributed by atoms with van der Waals surface area (Å²) in [6.45, 7) is 6.72. The summed E-state index contributed by atoms with van der Waals surface area (Å²) in [5.41, 5.74) is 16.7. The molecule has 0 amide bonds. The molecule has 0 saturated carbocycles. The minimum atomic E-state index is 0.938. The molecule has 0 bridgehead atoms. The summed E-state index contributed by atoms with van der Waals surface area (Å²) in [5, 5.41) is 0. The van der Waals surface area contributed by atoms with Gasteiger partial charge in [0.2, 0.25) is 0 Å². The van der Waals surface area contributed by atoms with Crippen molar-refractivity contribution < 1.29 is 4.79 Å². The van der Waals surface area contributed by atoms with Crippen molar-refractivity contribution in [3.63, 3.8) is 0 Å². The highest BCUT2D eigenvalue weighted by molar-refractivity contribution is 5.85. The monoisotopic (exact) mass is 456 g/mol. The summed E-state index contributed by atoms with van der Waals surface area (Å²) in [6, 6.07) is 18.1. The average molecular weight is 457 g/mol. The van der Waals surface area contributed by atoms with E-state index in [4.69, 9.17) is 5.53 Å². The first-order chi connectivity index (χ1) is 16.7. The van der Waals surface area contributed by atoms with Gasteiger partial charge in [-0.3, -0.25) is 0 Å². The summed E-state index contributed by atoms with van der Waals surface area (Å²) < 4.78 is 0. The second kappa shape index (κ2) is 16.9. The number of hydrogen-bond acceptors (Lipinski definition) is 0. The molecule has 0 unspecified atom stereocenters. The largest absolute Gasteiger partial charge is 0.348 e. The highest BCUT2D eigenvalue weighted by Gasteiger charge is 2.12. The molecule has 0 saturated heterocycles. The number of nitrogens with zero attached hydrogens (tertiary/aromatic N) is 2. The smallest absolute Gasteiger partial charge is 0.299 e. The Morgan fingerprint density at radius 1 is 0.735 bits per heavy atom. The highest BCUT2D eigenvalue weighted by Crippen LogP contribution is 2.31. The third-order valence-electron chi connectivity index (χ3n) is 6.51. The second-order valence-corrected chi connectivity index (χ2v) is 9.40. The maximum atomic E-state index is 9.05. The highest BCUT2D eigenvalue weighted by atomic mass is 14.8. The third kappa shape index (κ3) is 9.68. The van der Waals surface area contributed by atoms with E-state index in [0.29, 0.717) is 0 Å². The lowest BCUT2D eigenvalue weighted by Crippen LogP contribution is -1.97. The molecular weight excluding hydrogens is 412 g/mol. The van der Waals surface area contributed by atoms with Crippen LogP contribution in [0.5, 0.6) is 0 Å². The van der Waals surface area contributed by atoms with Crippen LogP contribution in [0.4, 0.5) is 0 Å². The van der Waals surface area contributed by atoms with Gasteiger partial charge < -0.3 is 5.53 Å². The molecular formula is C32H44N2. The first-order valence-corrected chi connectivity index (χ1v) is 13.6. The van der Waals surface area contributed by atoms with Crippen molar-refractivity contribution >= 4 is 11.4 Å². The molecule has 0 aliphatic rings. The Labute approximate surface area is 208 Å². The minimum Gasteiger partial charge on any atom is -0.348 e. The number of unbranched alkanes of at least 4 members (excludes halogenated alkanes) is 7. The van der Waals surface area contributed by atoms with Crippen molar-refractivity contribution in [2.45, 2.75) is 104 Å². The fourth-order valence-electron chi connectivity index (χ4n) is 4.49. The Bertz CT molecular complexity index is 955. The van der Waals surface area contributed by atoms with Crippen molar-refractivity contribution in [3.05, 3.63) is 88.0 Å². The van der Waals surface area contributed by atoms with Crippen LogP contribution in [0.15, 0.2) is 60.2 Å². The molecule has 2 aromatic rings. The van der Waals surface area contributed by atoms with E-state index >= 15 is 0 Å². The molecule has 0 heterocycles. The second-order valence-electron chi connectivity index (χ2n) is 9.40. The maximum absolute atomic E-state index is 9.05. The number of aryl methyl sites for hydroxylation is 2. The average Bonchev–Trinajstić information content (AvgIpc) is 2.87. The molecule has 0 spiro atoms. The van der Waals surface area contributed by atoms with Gasteiger partial charge in [0.15, 0.2) is 0 Å². The van der Waals surface area contributed by atoms with Gasteiger partial charge in [0, 0.05) is 0 Å². The Kier molecular flexibility index (Phi) is 13.7. The van der Waals surface area contributed by atoms with Gasteiger partial charge in [-0.2, -0.15) is 0 Å². The van der Waals surface area contributed by atoms with E-state index in [1.54, 1.807) is 0 Å². The van der Waals surface area contributed by atoms with Crippen LogP contribution in [-0.4, -0.2) is 10.7 Å². The molecule has 34 heavy (non-hydrogen) atoms. The number of allylic oxidation sites excluding steroid dienone is 2. The first kappa shape index (κ1) is 27.6. The van der Waals surface area contributed by atoms with Gasteiger partial charge in [0.1, 0.15) is 0 Å².